The van der Waals surface area contributed by atoms with Gasteiger partial charge in [0.15, 0.2) is 0 Å². The number of carbonyl (C=O) groups is 2. The molecule has 0 unspecified atom stereocenters. The minimum absolute atomic E-state index is 0.0591. The highest BCUT2D eigenvalue weighted by Gasteiger charge is 2.35. The average Bonchev–Trinajstić information content (AvgIpc) is 3.47. The molecule has 3 aromatic rings. The number of benzene rings is 2. The van der Waals surface area contributed by atoms with Crippen LogP contribution in [0.4, 0.5) is 10.1 Å². The number of hydrogen-bond donors (Lipinski definition) is 1. The first-order valence-corrected chi connectivity index (χ1v) is 12.2. The van der Waals surface area contributed by atoms with E-state index < -0.39 is 17.8 Å². The largest absolute Gasteiger partial charge is 0.376 e. The quantitative estimate of drug-likeness (QED) is 0.481. The number of aryl methyl sites for hydroxylation is 2. The van der Waals surface area contributed by atoms with Crippen molar-refractivity contribution < 1.29 is 18.7 Å². The van der Waals surface area contributed by atoms with Crippen molar-refractivity contribution in [2.45, 2.75) is 38.8 Å². The minimum atomic E-state index is -1.02. The third-order valence-corrected chi connectivity index (χ3v) is 7.00. The molecule has 1 saturated heterocycles. The van der Waals surface area contributed by atoms with Crippen molar-refractivity contribution >= 4 is 40.4 Å². The summed E-state index contributed by atoms with van der Waals surface area (Å²) >= 11 is 7.33. The highest BCUT2D eigenvalue weighted by molar-refractivity contribution is 7.13. The van der Waals surface area contributed by atoms with E-state index in [0.29, 0.717) is 35.0 Å². The molecule has 1 fully saturated rings. The second kappa shape index (κ2) is 10.6. The van der Waals surface area contributed by atoms with E-state index in [2.05, 4.69) is 10.3 Å². The van der Waals surface area contributed by atoms with E-state index in [4.69, 9.17) is 16.3 Å². The Morgan fingerprint density at radius 3 is 2.65 bits per heavy atom. The van der Waals surface area contributed by atoms with Crippen molar-refractivity contribution in [3.63, 3.8) is 0 Å². The van der Waals surface area contributed by atoms with Crippen LogP contribution in [-0.2, 0) is 9.53 Å². The molecule has 0 radical (unpaired) electrons. The van der Waals surface area contributed by atoms with Gasteiger partial charge in [0.1, 0.15) is 16.7 Å². The van der Waals surface area contributed by atoms with Crippen LogP contribution >= 0.6 is 22.9 Å². The number of aromatic nitrogens is 1. The van der Waals surface area contributed by atoms with Gasteiger partial charge in [-0.3, -0.25) is 14.5 Å². The summed E-state index contributed by atoms with van der Waals surface area (Å²) in [6.45, 7) is 4.58. The van der Waals surface area contributed by atoms with E-state index in [1.165, 1.54) is 34.4 Å². The van der Waals surface area contributed by atoms with Gasteiger partial charge in [0.25, 0.3) is 5.91 Å². The maximum atomic E-state index is 14.0. The van der Waals surface area contributed by atoms with Gasteiger partial charge >= 0.3 is 0 Å². The molecule has 178 valence electrons. The third kappa shape index (κ3) is 5.29. The van der Waals surface area contributed by atoms with Gasteiger partial charge in [-0.25, -0.2) is 9.37 Å². The molecule has 34 heavy (non-hydrogen) atoms. The lowest BCUT2D eigenvalue weighted by Crippen LogP contribution is -2.45. The Bertz CT molecular complexity index is 1180. The highest BCUT2D eigenvalue weighted by Crippen LogP contribution is 2.34. The number of halogens is 2. The third-order valence-electron chi connectivity index (χ3n) is 5.65. The van der Waals surface area contributed by atoms with Gasteiger partial charge in [0, 0.05) is 18.8 Å². The summed E-state index contributed by atoms with van der Waals surface area (Å²) in [5.74, 6) is -1.39. The molecule has 6 nitrogen and oxygen atoms in total. The lowest BCUT2D eigenvalue weighted by molar-refractivity contribution is -0.123. The summed E-state index contributed by atoms with van der Waals surface area (Å²) in [5.41, 5.74) is 1.49. The number of ether oxygens (including phenoxy) is 1. The Morgan fingerprint density at radius 2 is 2.03 bits per heavy atom. The molecular formula is C25H25ClFN3O3S. The fourth-order valence-corrected chi connectivity index (χ4v) is 5.06. The van der Waals surface area contributed by atoms with Crippen LogP contribution in [0.3, 0.4) is 0 Å². The molecule has 0 saturated carbocycles. The molecule has 9 heteroatoms. The summed E-state index contributed by atoms with van der Waals surface area (Å²) in [5, 5.41) is 3.54. The highest BCUT2D eigenvalue weighted by atomic mass is 35.5. The summed E-state index contributed by atoms with van der Waals surface area (Å²) in [7, 11) is 0. The smallest absolute Gasteiger partial charge is 0.271 e. The maximum Gasteiger partial charge on any atom is 0.271 e. The van der Waals surface area contributed by atoms with Crippen LogP contribution in [0.25, 0.3) is 0 Å². The molecule has 0 bridgehead atoms. The lowest BCUT2D eigenvalue weighted by Gasteiger charge is -2.31. The summed E-state index contributed by atoms with van der Waals surface area (Å²) in [4.78, 5) is 33.7. The van der Waals surface area contributed by atoms with E-state index in [1.54, 1.807) is 31.2 Å². The Balaban J connectivity index is 1.79. The number of amides is 2. The van der Waals surface area contributed by atoms with Crippen LogP contribution < -0.4 is 10.2 Å². The van der Waals surface area contributed by atoms with E-state index >= 15 is 0 Å². The maximum absolute atomic E-state index is 14.0. The molecular weight excluding hydrogens is 477 g/mol. The average molecular weight is 502 g/mol. The van der Waals surface area contributed by atoms with Gasteiger partial charge < -0.3 is 10.1 Å². The molecule has 1 aliphatic rings. The molecule has 0 spiro atoms. The Hall–Kier alpha value is -2.81. The summed E-state index contributed by atoms with van der Waals surface area (Å²) in [6.07, 6.45) is 1.76. The summed E-state index contributed by atoms with van der Waals surface area (Å²) < 4.78 is 19.6. The molecule has 1 aromatic heterocycles. The molecule has 2 heterocycles. The zero-order chi connectivity index (χ0) is 24.2. The molecule has 2 amide bonds. The van der Waals surface area contributed by atoms with E-state index in [-0.39, 0.29) is 17.0 Å². The molecule has 4 rings (SSSR count). The van der Waals surface area contributed by atoms with Crippen LogP contribution in [0.5, 0.6) is 0 Å². The molecule has 2 aromatic carbocycles. The number of carbonyl (C=O) groups excluding carboxylic acids is 2. The first-order valence-electron chi connectivity index (χ1n) is 11.0. The van der Waals surface area contributed by atoms with Gasteiger partial charge in [-0.05, 0) is 50.5 Å². The Morgan fingerprint density at radius 1 is 1.26 bits per heavy atom. The van der Waals surface area contributed by atoms with Gasteiger partial charge in [0.2, 0.25) is 5.91 Å². The fourth-order valence-electron chi connectivity index (χ4n) is 4.03. The molecule has 2 atom stereocenters. The second-order valence-corrected chi connectivity index (χ2v) is 9.72. The van der Waals surface area contributed by atoms with Crippen LogP contribution in [0.15, 0.2) is 48.5 Å². The van der Waals surface area contributed by atoms with Gasteiger partial charge in [-0.15, -0.1) is 11.3 Å². The minimum Gasteiger partial charge on any atom is -0.376 e. The second-order valence-electron chi connectivity index (χ2n) is 8.11. The van der Waals surface area contributed by atoms with Crippen LogP contribution in [0, 0.1) is 19.7 Å². The van der Waals surface area contributed by atoms with Crippen LogP contribution in [0.1, 0.15) is 44.8 Å². The number of hydrogen-bond acceptors (Lipinski definition) is 5. The first kappa shape index (κ1) is 24.3. The number of thiazole rings is 1. The number of nitrogens with one attached hydrogen (secondary N) is 1. The number of nitrogens with zero attached hydrogens (tertiary/aromatic N) is 2. The van der Waals surface area contributed by atoms with Crippen molar-refractivity contribution in [3.8, 4) is 0 Å². The normalized spacial score (nSPS) is 16.3. The molecule has 1 aliphatic heterocycles. The van der Waals surface area contributed by atoms with Crippen LogP contribution in [0.2, 0.25) is 5.02 Å². The zero-order valence-corrected chi connectivity index (χ0v) is 20.5. The SMILES string of the molecule is Cc1nc(C)c(C(=O)N(c2ccc(F)c(Cl)c2)[C@H](C(=O)NC[C@@H]2CCCO2)c2ccccc2)s1. The van der Waals surface area contributed by atoms with Gasteiger partial charge in [-0.1, -0.05) is 41.9 Å². The topological polar surface area (TPSA) is 71.5 Å². The van der Waals surface area contributed by atoms with Crippen molar-refractivity contribution in [1.29, 1.82) is 0 Å². The fraction of sp³-hybridized carbons (Fsp3) is 0.320. The summed E-state index contributed by atoms with van der Waals surface area (Å²) in [6, 6.07) is 12.0. The van der Waals surface area contributed by atoms with E-state index in [9.17, 15) is 14.0 Å². The Labute approximate surface area is 206 Å². The predicted molar refractivity (Wildman–Crippen MR) is 131 cm³/mol. The lowest BCUT2D eigenvalue weighted by atomic mass is 10.0. The van der Waals surface area contributed by atoms with E-state index in [0.717, 1.165) is 17.8 Å². The zero-order valence-electron chi connectivity index (χ0n) is 18.9. The van der Waals surface area contributed by atoms with Crippen LogP contribution in [-0.4, -0.2) is 36.1 Å². The van der Waals surface area contributed by atoms with Crippen molar-refractivity contribution in [3.05, 3.63) is 80.5 Å². The molecule has 1 N–H and O–H groups in total. The first-order chi connectivity index (χ1) is 16.3. The monoisotopic (exact) mass is 501 g/mol. The molecule has 0 aliphatic carbocycles. The van der Waals surface area contributed by atoms with Crippen molar-refractivity contribution in [2.24, 2.45) is 0 Å². The Kier molecular flexibility index (Phi) is 7.60. The number of anilines is 1. The van der Waals surface area contributed by atoms with Crippen molar-refractivity contribution in [2.75, 3.05) is 18.1 Å². The van der Waals surface area contributed by atoms with Crippen molar-refractivity contribution in [1.82, 2.24) is 10.3 Å². The van der Waals surface area contributed by atoms with Gasteiger partial charge in [0.05, 0.1) is 21.8 Å². The number of rotatable bonds is 7. The predicted octanol–water partition coefficient (Wildman–Crippen LogP) is 5.24. The standard InChI is InChI=1S/C25H25ClFN3O3S/c1-15-23(34-16(2)29-15)25(32)30(18-10-11-21(27)20(26)13-18)22(17-7-4-3-5-8-17)24(31)28-14-19-9-6-12-33-19/h3-5,7-8,10-11,13,19,22H,6,9,12,14H2,1-2H3,(H,28,31)/t19-,22-/m0/s1. The van der Waals surface area contributed by atoms with E-state index in [1.807, 2.05) is 13.0 Å². The van der Waals surface area contributed by atoms with Gasteiger partial charge in [-0.2, -0.15) is 0 Å².